The van der Waals surface area contributed by atoms with Gasteiger partial charge in [-0.3, -0.25) is 9.69 Å². The van der Waals surface area contributed by atoms with E-state index in [1.807, 2.05) is 0 Å². The number of carbonyl (C=O) groups excluding carboxylic acids is 2. The Morgan fingerprint density at radius 3 is 2.39 bits per heavy atom. The lowest BCUT2D eigenvalue weighted by Crippen LogP contribution is -2.33. The third-order valence-electron chi connectivity index (χ3n) is 6.26. The van der Waals surface area contributed by atoms with Crippen LogP contribution in [0.4, 0.5) is 41.2 Å². The van der Waals surface area contributed by atoms with E-state index < -0.39 is 54.2 Å². The van der Waals surface area contributed by atoms with Crippen LogP contribution >= 0.6 is 23.4 Å². The molecule has 46 heavy (non-hydrogen) atoms. The lowest BCUT2D eigenvalue weighted by atomic mass is 10.1. The third kappa shape index (κ3) is 7.77. The van der Waals surface area contributed by atoms with Crippen molar-refractivity contribution in [1.82, 2.24) is 20.1 Å². The van der Waals surface area contributed by atoms with Crippen molar-refractivity contribution in [3.05, 3.63) is 89.2 Å². The van der Waals surface area contributed by atoms with Gasteiger partial charge in [-0.1, -0.05) is 47.6 Å². The summed E-state index contributed by atoms with van der Waals surface area (Å²) in [6.45, 7) is -0.542. The first-order valence-corrected chi connectivity index (χ1v) is 14.3. The van der Waals surface area contributed by atoms with Crippen LogP contribution in [0.1, 0.15) is 17.3 Å². The summed E-state index contributed by atoms with van der Waals surface area (Å²) in [4.78, 5) is 33.4. The van der Waals surface area contributed by atoms with E-state index in [4.69, 9.17) is 11.6 Å². The van der Waals surface area contributed by atoms with Gasteiger partial charge in [0.2, 0.25) is 5.91 Å². The standard InChI is InChI=1S/C28H18ClF7N6O3S/c29-17-5-10-20(27(31,32)33)22(11-17)42-23(43)13-46-26(42)39-25(44)37-12-21(30)15-1-3-16(4-2-15)24-38-14-41(40-24)18-6-8-19(9-7-18)45-28(34,35)36/h1-11,14,21H,12-13H2,(H,37,44)/b39-26-. The molecule has 2 heterocycles. The molecule has 1 saturated heterocycles. The zero-order valence-corrected chi connectivity index (χ0v) is 24.4. The highest BCUT2D eigenvalue weighted by Gasteiger charge is 2.40. The van der Waals surface area contributed by atoms with Crippen molar-refractivity contribution < 1.29 is 45.1 Å². The van der Waals surface area contributed by atoms with Crippen LogP contribution in [-0.4, -0.2) is 50.5 Å². The Kier molecular flexibility index (Phi) is 9.25. The average Bonchev–Trinajstić information content (AvgIpc) is 3.62. The molecule has 0 bridgehead atoms. The Balaban J connectivity index is 1.21. The number of alkyl halides is 7. The predicted octanol–water partition coefficient (Wildman–Crippen LogP) is 7.36. The maximum absolute atomic E-state index is 14.9. The molecule has 9 nitrogen and oxygen atoms in total. The minimum atomic E-state index is -4.82. The van der Waals surface area contributed by atoms with Gasteiger partial charge in [-0.25, -0.2) is 18.9 Å². The van der Waals surface area contributed by atoms with E-state index in [1.54, 1.807) is 0 Å². The number of hydrogen-bond donors (Lipinski definition) is 1. The number of aliphatic imine (C=N–C) groups is 1. The smallest absolute Gasteiger partial charge is 0.406 e. The zero-order chi connectivity index (χ0) is 33.2. The summed E-state index contributed by atoms with van der Waals surface area (Å²) in [5, 5.41) is 6.11. The monoisotopic (exact) mass is 686 g/mol. The molecule has 0 saturated carbocycles. The van der Waals surface area contributed by atoms with Crippen LogP contribution in [0.15, 0.2) is 78.0 Å². The maximum Gasteiger partial charge on any atom is 0.573 e. The van der Waals surface area contributed by atoms with Gasteiger partial charge >= 0.3 is 18.6 Å². The summed E-state index contributed by atoms with van der Waals surface area (Å²) in [7, 11) is 0. The molecular weight excluding hydrogens is 669 g/mol. The molecule has 1 aliphatic rings. The minimum absolute atomic E-state index is 0.0694. The van der Waals surface area contributed by atoms with E-state index in [2.05, 4.69) is 25.1 Å². The number of carbonyl (C=O) groups is 2. The van der Waals surface area contributed by atoms with E-state index in [0.717, 1.165) is 36.0 Å². The van der Waals surface area contributed by atoms with Crippen LogP contribution in [0.3, 0.4) is 0 Å². The van der Waals surface area contributed by atoms with Crippen molar-refractivity contribution in [3.63, 3.8) is 0 Å². The van der Waals surface area contributed by atoms with E-state index in [0.29, 0.717) is 22.2 Å². The number of nitrogens with zero attached hydrogens (tertiary/aromatic N) is 5. The van der Waals surface area contributed by atoms with Crippen molar-refractivity contribution in [2.45, 2.75) is 18.7 Å². The molecule has 1 fully saturated rings. The fourth-order valence-corrected chi connectivity index (χ4v) is 5.22. The normalized spacial score (nSPS) is 15.3. The number of amidine groups is 1. The van der Waals surface area contributed by atoms with Crippen LogP contribution in [0.2, 0.25) is 5.02 Å². The summed E-state index contributed by atoms with van der Waals surface area (Å²) in [6.07, 6.45) is -10.0. The van der Waals surface area contributed by atoms with Gasteiger partial charge in [-0.15, -0.1) is 18.3 Å². The number of nitrogens with one attached hydrogen (secondary N) is 1. The predicted molar refractivity (Wildman–Crippen MR) is 155 cm³/mol. The summed E-state index contributed by atoms with van der Waals surface area (Å²) < 4.78 is 98.0. The van der Waals surface area contributed by atoms with Gasteiger partial charge in [0.15, 0.2) is 11.0 Å². The number of amides is 3. The summed E-state index contributed by atoms with van der Waals surface area (Å²) >= 11 is 6.61. The Morgan fingerprint density at radius 2 is 1.74 bits per heavy atom. The molecule has 3 amide bonds. The number of halogens is 8. The summed E-state index contributed by atoms with van der Waals surface area (Å²) in [5.74, 6) is -1.18. The molecule has 1 unspecified atom stereocenters. The highest BCUT2D eigenvalue weighted by Crippen LogP contribution is 2.40. The average molecular weight is 687 g/mol. The van der Waals surface area contributed by atoms with Crippen molar-refractivity contribution in [2.75, 3.05) is 17.2 Å². The molecule has 0 aliphatic carbocycles. The number of aromatic nitrogens is 3. The van der Waals surface area contributed by atoms with Gasteiger partial charge in [0.1, 0.15) is 18.2 Å². The van der Waals surface area contributed by atoms with Crippen molar-refractivity contribution in [2.24, 2.45) is 4.99 Å². The number of thioether (sulfide) groups is 1. The van der Waals surface area contributed by atoms with Crippen LogP contribution in [0.25, 0.3) is 17.1 Å². The fraction of sp³-hybridized carbons (Fsp3) is 0.179. The number of benzene rings is 3. The van der Waals surface area contributed by atoms with Crippen molar-refractivity contribution in [3.8, 4) is 22.8 Å². The van der Waals surface area contributed by atoms with Gasteiger partial charge in [-0.05, 0) is 48.0 Å². The van der Waals surface area contributed by atoms with E-state index >= 15 is 0 Å². The Labute approximate surface area is 264 Å². The zero-order valence-electron chi connectivity index (χ0n) is 22.8. The second-order valence-corrected chi connectivity index (χ2v) is 10.8. The molecule has 1 aromatic heterocycles. The Hall–Kier alpha value is -4.64. The molecule has 1 atom stereocenters. The molecule has 3 aromatic carbocycles. The van der Waals surface area contributed by atoms with E-state index in [-0.39, 0.29) is 27.3 Å². The first-order valence-electron chi connectivity index (χ1n) is 12.9. The second kappa shape index (κ2) is 13.0. The lowest BCUT2D eigenvalue weighted by Gasteiger charge is -2.21. The quantitative estimate of drug-likeness (QED) is 0.204. The SMILES string of the molecule is O=C(/N=C1\SCC(=O)N1c1cc(Cl)ccc1C(F)(F)F)NCC(F)c1ccc(-c2ncn(-c3ccc(OC(F)(F)F)cc3)n2)cc1. The minimum Gasteiger partial charge on any atom is -0.406 e. The number of hydrogen-bond acceptors (Lipinski definition) is 6. The van der Waals surface area contributed by atoms with Gasteiger partial charge in [0, 0.05) is 10.6 Å². The van der Waals surface area contributed by atoms with Gasteiger partial charge in [0.05, 0.1) is 29.2 Å². The van der Waals surface area contributed by atoms with Gasteiger partial charge in [0.25, 0.3) is 0 Å². The molecule has 1 aliphatic heterocycles. The molecule has 18 heteroatoms. The van der Waals surface area contributed by atoms with Crippen molar-refractivity contribution in [1.29, 1.82) is 0 Å². The highest BCUT2D eigenvalue weighted by atomic mass is 35.5. The number of ether oxygens (including phenoxy) is 1. The van der Waals surface area contributed by atoms with Crippen molar-refractivity contribution >= 4 is 46.2 Å². The number of urea groups is 1. The largest absolute Gasteiger partial charge is 0.573 e. The second-order valence-electron chi connectivity index (χ2n) is 9.40. The highest BCUT2D eigenvalue weighted by molar-refractivity contribution is 8.15. The molecule has 240 valence electrons. The molecular formula is C28H18ClF7N6O3S. The van der Waals surface area contributed by atoms with Gasteiger partial charge < -0.3 is 10.1 Å². The van der Waals surface area contributed by atoms with Crippen LogP contribution in [0, 0.1) is 0 Å². The topological polar surface area (TPSA) is 102 Å². The Bertz CT molecular complexity index is 1780. The van der Waals surface area contributed by atoms with Crippen LogP contribution in [0.5, 0.6) is 5.75 Å². The maximum atomic E-state index is 14.9. The molecule has 5 rings (SSSR count). The fourth-order valence-electron chi connectivity index (χ4n) is 4.19. The lowest BCUT2D eigenvalue weighted by molar-refractivity contribution is -0.274. The first kappa shape index (κ1) is 32.7. The molecule has 0 spiro atoms. The van der Waals surface area contributed by atoms with E-state index in [1.165, 1.54) is 47.4 Å². The molecule has 0 radical (unpaired) electrons. The first-order chi connectivity index (χ1) is 21.7. The summed E-state index contributed by atoms with van der Waals surface area (Å²) in [6, 6.07) is 12.4. The number of rotatable bonds is 7. The van der Waals surface area contributed by atoms with E-state index in [9.17, 15) is 40.3 Å². The van der Waals surface area contributed by atoms with Gasteiger partial charge in [-0.2, -0.15) is 18.2 Å². The van der Waals surface area contributed by atoms with Crippen LogP contribution < -0.4 is 15.0 Å². The Morgan fingerprint density at radius 1 is 1.04 bits per heavy atom. The summed E-state index contributed by atoms with van der Waals surface area (Å²) in [5.41, 5.74) is -0.673. The van der Waals surface area contributed by atoms with Crippen LogP contribution in [-0.2, 0) is 11.0 Å². The number of anilines is 1. The third-order valence-corrected chi connectivity index (χ3v) is 7.42. The molecule has 4 aromatic rings. The molecule has 1 N–H and O–H groups in total.